The van der Waals surface area contributed by atoms with Crippen LogP contribution in [0.3, 0.4) is 0 Å². The molecule has 4 heteroatoms. The molecule has 3 nitrogen and oxygen atoms in total. The topological polar surface area (TPSA) is 41.6 Å². The summed E-state index contributed by atoms with van der Waals surface area (Å²) in [5.74, 6) is 0.623. The van der Waals surface area contributed by atoms with Crippen molar-refractivity contribution in [3.05, 3.63) is 33.8 Å². The molecule has 1 aromatic rings. The molecule has 0 fully saturated rings. The molecule has 0 spiro atoms. The molecule has 0 aliphatic heterocycles. The number of hydrogen-bond acceptors (Lipinski definition) is 1. The molecule has 0 saturated carbocycles. The minimum Gasteiger partial charge on any atom is -0.370 e. The van der Waals surface area contributed by atoms with Gasteiger partial charge in [0.05, 0.1) is 6.54 Å². The van der Waals surface area contributed by atoms with Crippen molar-refractivity contribution in [1.29, 1.82) is 0 Å². The SMILES string of the molecule is CCN(CC)C(N)=NCc1ccc(Br)cc1C. The average Bonchev–Trinajstić information content (AvgIpc) is 2.29. The number of benzene rings is 1. The van der Waals surface area contributed by atoms with Gasteiger partial charge in [-0.15, -0.1) is 0 Å². The van der Waals surface area contributed by atoms with Crippen molar-refractivity contribution in [2.24, 2.45) is 10.7 Å². The molecule has 0 saturated heterocycles. The van der Waals surface area contributed by atoms with Crippen LogP contribution >= 0.6 is 15.9 Å². The highest BCUT2D eigenvalue weighted by Crippen LogP contribution is 2.16. The van der Waals surface area contributed by atoms with Crippen molar-refractivity contribution in [1.82, 2.24) is 4.90 Å². The quantitative estimate of drug-likeness (QED) is 0.686. The van der Waals surface area contributed by atoms with E-state index in [0.717, 1.165) is 17.6 Å². The Labute approximate surface area is 112 Å². The van der Waals surface area contributed by atoms with Crippen molar-refractivity contribution < 1.29 is 0 Å². The molecule has 0 unspecified atom stereocenters. The largest absolute Gasteiger partial charge is 0.370 e. The Morgan fingerprint density at radius 1 is 1.35 bits per heavy atom. The Morgan fingerprint density at radius 3 is 2.53 bits per heavy atom. The van der Waals surface area contributed by atoms with Gasteiger partial charge >= 0.3 is 0 Å². The molecular weight excluding hydrogens is 278 g/mol. The van der Waals surface area contributed by atoms with Crippen molar-refractivity contribution in [2.45, 2.75) is 27.3 Å². The normalized spacial score (nSPS) is 11.6. The maximum atomic E-state index is 5.93. The molecule has 1 aromatic carbocycles. The zero-order valence-corrected chi connectivity index (χ0v) is 12.3. The van der Waals surface area contributed by atoms with Crippen LogP contribution in [0.25, 0.3) is 0 Å². The monoisotopic (exact) mass is 297 g/mol. The number of nitrogens with two attached hydrogens (primary N) is 1. The molecule has 0 aliphatic carbocycles. The highest BCUT2D eigenvalue weighted by Gasteiger charge is 2.03. The van der Waals surface area contributed by atoms with Gasteiger partial charge in [0.25, 0.3) is 0 Å². The fourth-order valence-electron chi connectivity index (χ4n) is 1.65. The molecule has 0 amide bonds. The van der Waals surface area contributed by atoms with Gasteiger partial charge in [0.15, 0.2) is 5.96 Å². The Kier molecular flexibility index (Phi) is 5.48. The molecule has 0 radical (unpaired) electrons. The third kappa shape index (κ3) is 4.04. The predicted molar refractivity (Wildman–Crippen MR) is 77.1 cm³/mol. The number of rotatable bonds is 4. The van der Waals surface area contributed by atoms with Crippen LogP contribution in [0.15, 0.2) is 27.7 Å². The minimum absolute atomic E-state index is 0.623. The Morgan fingerprint density at radius 2 is 2.00 bits per heavy atom. The van der Waals surface area contributed by atoms with Gasteiger partial charge in [-0.2, -0.15) is 0 Å². The number of guanidine groups is 1. The van der Waals surface area contributed by atoms with E-state index < -0.39 is 0 Å². The van der Waals surface area contributed by atoms with Gasteiger partial charge in [-0.05, 0) is 44.0 Å². The van der Waals surface area contributed by atoms with E-state index in [1.54, 1.807) is 0 Å². The number of nitrogens with zero attached hydrogens (tertiary/aromatic N) is 2. The average molecular weight is 298 g/mol. The summed E-state index contributed by atoms with van der Waals surface area (Å²) < 4.78 is 1.10. The van der Waals surface area contributed by atoms with Crippen molar-refractivity contribution in [3.8, 4) is 0 Å². The molecule has 1 rings (SSSR count). The molecular formula is C13H20BrN3. The van der Waals surface area contributed by atoms with Gasteiger partial charge < -0.3 is 10.6 Å². The first-order valence-electron chi connectivity index (χ1n) is 5.88. The fraction of sp³-hybridized carbons (Fsp3) is 0.462. The van der Waals surface area contributed by atoms with E-state index >= 15 is 0 Å². The highest BCUT2D eigenvalue weighted by molar-refractivity contribution is 9.10. The summed E-state index contributed by atoms with van der Waals surface area (Å²) in [6.07, 6.45) is 0. The number of aliphatic imine (C=N–C) groups is 1. The lowest BCUT2D eigenvalue weighted by atomic mass is 10.1. The first kappa shape index (κ1) is 14.0. The van der Waals surface area contributed by atoms with Gasteiger partial charge in [0.2, 0.25) is 0 Å². The molecule has 2 N–H and O–H groups in total. The highest BCUT2D eigenvalue weighted by atomic mass is 79.9. The molecule has 94 valence electrons. The summed E-state index contributed by atoms with van der Waals surface area (Å²) in [6.45, 7) is 8.68. The second-order valence-electron chi connectivity index (χ2n) is 3.92. The summed E-state index contributed by atoms with van der Waals surface area (Å²) in [6, 6.07) is 6.21. The van der Waals surface area contributed by atoms with Crippen molar-refractivity contribution in [3.63, 3.8) is 0 Å². The summed E-state index contributed by atoms with van der Waals surface area (Å²) in [5.41, 5.74) is 8.38. The molecule has 0 bridgehead atoms. The summed E-state index contributed by atoms with van der Waals surface area (Å²) in [4.78, 5) is 6.48. The van der Waals surface area contributed by atoms with E-state index in [0.29, 0.717) is 12.5 Å². The van der Waals surface area contributed by atoms with Gasteiger partial charge in [0, 0.05) is 17.6 Å². The van der Waals surface area contributed by atoms with Gasteiger partial charge in [-0.1, -0.05) is 22.0 Å². The standard InChI is InChI=1S/C13H20BrN3/c1-4-17(5-2)13(15)16-9-11-6-7-12(14)8-10(11)3/h6-8H,4-5,9H2,1-3H3,(H2,15,16). The molecule has 0 aliphatic rings. The fourth-order valence-corrected chi connectivity index (χ4v) is 2.13. The number of halogens is 1. The van der Waals surface area contributed by atoms with Gasteiger partial charge in [-0.25, -0.2) is 4.99 Å². The van der Waals surface area contributed by atoms with Gasteiger partial charge in [-0.3, -0.25) is 0 Å². The van der Waals surface area contributed by atoms with Crippen LogP contribution in [-0.4, -0.2) is 23.9 Å². The van der Waals surface area contributed by atoms with Gasteiger partial charge in [0.1, 0.15) is 0 Å². The minimum atomic E-state index is 0.623. The van der Waals surface area contributed by atoms with Crippen LogP contribution in [0.4, 0.5) is 0 Å². The summed E-state index contributed by atoms with van der Waals surface area (Å²) in [7, 11) is 0. The first-order chi connectivity index (χ1) is 8.08. The third-order valence-corrected chi connectivity index (χ3v) is 3.30. The maximum Gasteiger partial charge on any atom is 0.191 e. The van der Waals surface area contributed by atoms with Crippen LogP contribution in [0.2, 0.25) is 0 Å². The summed E-state index contributed by atoms with van der Waals surface area (Å²) >= 11 is 3.45. The smallest absolute Gasteiger partial charge is 0.191 e. The lowest BCUT2D eigenvalue weighted by Gasteiger charge is -2.19. The lowest BCUT2D eigenvalue weighted by molar-refractivity contribution is 0.458. The summed E-state index contributed by atoms with van der Waals surface area (Å²) in [5, 5.41) is 0. The Balaban J connectivity index is 2.75. The second kappa shape index (κ2) is 6.64. The first-order valence-corrected chi connectivity index (χ1v) is 6.67. The zero-order chi connectivity index (χ0) is 12.8. The van der Waals surface area contributed by atoms with Crippen LogP contribution in [-0.2, 0) is 6.54 Å². The number of hydrogen-bond donors (Lipinski definition) is 1. The van der Waals surface area contributed by atoms with Crippen molar-refractivity contribution in [2.75, 3.05) is 13.1 Å². The Hall–Kier alpha value is -1.03. The molecule has 0 heterocycles. The zero-order valence-electron chi connectivity index (χ0n) is 10.7. The molecule has 0 aromatic heterocycles. The van der Waals surface area contributed by atoms with Crippen molar-refractivity contribution >= 4 is 21.9 Å². The van der Waals surface area contributed by atoms with Crippen LogP contribution in [0, 0.1) is 6.92 Å². The molecule has 0 atom stereocenters. The van der Waals surface area contributed by atoms with E-state index in [1.807, 2.05) is 11.0 Å². The van der Waals surface area contributed by atoms with Crippen LogP contribution in [0.5, 0.6) is 0 Å². The maximum absolute atomic E-state index is 5.93. The molecule has 17 heavy (non-hydrogen) atoms. The lowest BCUT2D eigenvalue weighted by Crippen LogP contribution is -2.37. The Bertz CT molecular complexity index is 398. The third-order valence-electron chi connectivity index (χ3n) is 2.80. The van der Waals surface area contributed by atoms with Crippen LogP contribution in [0.1, 0.15) is 25.0 Å². The van der Waals surface area contributed by atoms with E-state index in [4.69, 9.17) is 5.73 Å². The van der Waals surface area contributed by atoms with Crippen LogP contribution < -0.4 is 5.73 Å². The van der Waals surface area contributed by atoms with E-state index in [2.05, 4.69) is 53.8 Å². The van der Waals surface area contributed by atoms with E-state index in [-0.39, 0.29) is 0 Å². The van der Waals surface area contributed by atoms with E-state index in [9.17, 15) is 0 Å². The second-order valence-corrected chi connectivity index (χ2v) is 4.83. The van der Waals surface area contributed by atoms with E-state index in [1.165, 1.54) is 11.1 Å². The predicted octanol–water partition coefficient (Wildman–Crippen LogP) is 2.91. The number of aryl methyl sites for hydroxylation is 1.